The van der Waals surface area contributed by atoms with Crippen molar-refractivity contribution in [1.29, 1.82) is 0 Å². The zero-order valence-electron chi connectivity index (χ0n) is 14.5. The van der Waals surface area contributed by atoms with Crippen molar-refractivity contribution in [2.45, 2.75) is 25.7 Å². The molecule has 0 spiro atoms. The van der Waals surface area contributed by atoms with E-state index in [4.69, 9.17) is 0 Å². The summed E-state index contributed by atoms with van der Waals surface area (Å²) < 4.78 is 0. The number of hydrogen-bond donors (Lipinski definition) is 1. The second-order valence-electron chi connectivity index (χ2n) is 6.86. The van der Waals surface area contributed by atoms with Crippen LogP contribution in [0.15, 0.2) is 12.7 Å². The van der Waals surface area contributed by atoms with E-state index in [-0.39, 0.29) is 5.91 Å². The quantitative estimate of drug-likeness (QED) is 0.891. The summed E-state index contributed by atoms with van der Waals surface area (Å²) in [4.78, 5) is 35.0. The molecule has 2 fully saturated rings. The van der Waals surface area contributed by atoms with Crippen molar-refractivity contribution in [3.8, 4) is 0 Å². The molecular formula is C17H25N7O. The summed E-state index contributed by atoms with van der Waals surface area (Å²) >= 11 is 0. The maximum absolute atomic E-state index is 12.5. The number of fused-ring (bicyclic) bond motifs is 1. The fraction of sp³-hybridized carbons (Fsp3) is 0.647. The monoisotopic (exact) mass is 343 g/mol. The normalized spacial score (nSPS) is 20.0. The van der Waals surface area contributed by atoms with Crippen LogP contribution in [-0.4, -0.2) is 81.5 Å². The number of aromatic nitrogens is 4. The van der Waals surface area contributed by atoms with Gasteiger partial charge in [0.05, 0.1) is 12.9 Å². The molecule has 2 aliphatic rings. The highest BCUT2D eigenvalue weighted by Gasteiger charge is 2.24. The molecule has 2 aromatic rings. The third-order valence-electron chi connectivity index (χ3n) is 5.19. The number of likely N-dealkylation sites (tertiary alicyclic amines) is 1. The molecule has 4 heterocycles. The number of carbonyl (C=O) groups is 1. The molecule has 0 aliphatic carbocycles. The number of aromatic amines is 1. The van der Waals surface area contributed by atoms with Crippen molar-refractivity contribution >= 4 is 22.9 Å². The molecule has 8 nitrogen and oxygen atoms in total. The number of hydrogen-bond acceptors (Lipinski definition) is 6. The van der Waals surface area contributed by atoms with Crippen LogP contribution in [0.1, 0.15) is 25.7 Å². The predicted molar refractivity (Wildman–Crippen MR) is 95.4 cm³/mol. The third kappa shape index (κ3) is 3.58. The lowest BCUT2D eigenvalue weighted by atomic mass is 10.2. The van der Waals surface area contributed by atoms with Crippen molar-refractivity contribution < 1.29 is 4.79 Å². The van der Waals surface area contributed by atoms with Crippen molar-refractivity contribution in [1.82, 2.24) is 29.7 Å². The van der Waals surface area contributed by atoms with Crippen LogP contribution < -0.4 is 4.90 Å². The van der Waals surface area contributed by atoms with Gasteiger partial charge in [0.1, 0.15) is 11.8 Å². The molecule has 2 aromatic heterocycles. The van der Waals surface area contributed by atoms with E-state index in [2.05, 4.69) is 34.6 Å². The number of anilines is 1. The van der Waals surface area contributed by atoms with Gasteiger partial charge < -0.3 is 14.8 Å². The summed E-state index contributed by atoms with van der Waals surface area (Å²) in [6, 6.07) is 0. The van der Waals surface area contributed by atoms with E-state index >= 15 is 0 Å². The van der Waals surface area contributed by atoms with Gasteiger partial charge in [-0.15, -0.1) is 0 Å². The van der Waals surface area contributed by atoms with E-state index in [0.29, 0.717) is 12.2 Å². The van der Waals surface area contributed by atoms with Crippen LogP contribution in [-0.2, 0) is 4.79 Å². The number of H-pyrrole nitrogens is 1. The highest BCUT2D eigenvalue weighted by atomic mass is 16.2. The number of rotatable bonds is 3. The van der Waals surface area contributed by atoms with Crippen molar-refractivity contribution in [3.05, 3.63) is 12.7 Å². The Bertz CT molecular complexity index is 715. The van der Waals surface area contributed by atoms with Crippen LogP contribution in [0.4, 0.5) is 5.82 Å². The highest BCUT2D eigenvalue weighted by Crippen LogP contribution is 2.21. The molecule has 25 heavy (non-hydrogen) atoms. The fourth-order valence-electron chi connectivity index (χ4n) is 3.72. The molecule has 2 saturated heterocycles. The first kappa shape index (κ1) is 16.3. The third-order valence-corrected chi connectivity index (χ3v) is 5.19. The molecule has 0 radical (unpaired) electrons. The topological polar surface area (TPSA) is 81.2 Å². The van der Waals surface area contributed by atoms with Crippen LogP contribution in [0.5, 0.6) is 0 Å². The van der Waals surface area contributed by atoms with E-state index in [1.165, 1.54) is 12.8 Å². The first-order valence-electron chi connectivity index (χ1n) is 9.20. The number of nitrogens with zero attached hydrogens (tertiary/aromatic N) is 6. The Balaban J connectivity index is 1.34. The second kappa shape index (κ2) is 7.35. The van der Waals surface area contributed by atoms with Crippen LogP contribution in [0.25, 0.3) is 11.2 Å². The summed E-state index contributed by atoms with van der Waals surface area (Å²) in [6.45, 7) is 5.86. The van der Waals surface area contributed by atoms with E-state index in [1.54, 1.807) is 12.7 Å². The summed E-state index contributed by atoms with van der Waals surface area (Å²) in [7, 11) is 0. The van der Waals surface area contributed by atoms with Gasteiger partial charge in [-0.3, -0.25) is 9.69 Å². The standard InChI is InChI=1S/C17H25N7O/c25-14(23-5-3-1-2-4-6-23)11-22-7-9-24(10-8-22)17-15-16(19-12-18-15)20-13-21-17/h12-13H,1-11H2,(H,18,19,20,21). The zero-order chi connectivity index (χ0) is 17.1. The predicted octanol–water partition coefficient (Wildman–Crippen LogP) is 0.877. The second-order valence-corrected chi connectivity index (χ2v) is 6.86. The maximum atomic E-state index is 12.5. The Kier molecular flexibility index (Phi) is 4.78. The molecule has 4 rings (SSSR count). The van der Waals surface area contributed by atoms with Gasteiger partial charge in [0, 0.05) is 39.3 Å². The van der Waals surface area contributed by atoms with Gasteiger partial charge in [0.15, 0.2) is 11.5 Å². The summed E-state index contributed by atoms with van der Waals surface area (Å²) in [6.07, 6.45) is 8.01. The smallest absolute Gasteiger partial charge is 0.236 e. The molecule has 0 saturated carbocycles. The molecule has 8 heteroatoms. The largest absolute Gasteiger partial charge is 0.352 e. The summed E-state index contributed by atoms with van der Waals surface area (Å²) in [5.74, 6) is 1.19. The Labute approximate surface area is 147 Å². The molecule has 2 aliphatic heterocycles. The van der Waals surface area contributed by atoms with E-state index in [9.17, 15) is 4.79 Å². The minimum atomic E-state index is 0.286. The van der Waals surface area contributed by atoms with Crippen LogP contribution in [0.2, 0.25) is 0 Å². The Hall–Kier alpha value is -2.22. The van der Waals surface area contributed by atoms with Crippen molar-refractivity contribution in [2.24, 2.45) is 0 Å². The summed E-state index contributed by atoms with van der Waals surface area (Å²) in [5, 5.41) is 0. The summed E-state index contributed by atoms with van der Waals surface area (Å²) in [5.41, 5.74) is 1.58. The number of imidazole rings is 1. The fourth-order valence-corrected chi connectivity index (χ4v) is 3.72. The number of piperazine rings is 1. The van der Waals surface area contributed by atoms with Gasteiger partial charge in [0.2, 0.25) is 5.91 Å². The number of amides is 1. The van der Waals surface area contributed by atoms with Gasteiger partial charge in [-0.1, -0.05) is 12.8 Å². The number of nitrogens with one attached hydrogen (secondary N) is 1. The van der Waals surface area contributed by atoms with Gasteiger partial charge in [-0.2, -0.15) is 0 Å². The average Bonchev–Trinajstić information content (AvgIpc) is 2.95. The molecule has 0 aromatic carbocycles. The molecule has 134 valence electrons. The van der Waals surface area contributed by atoms with Gasteiger partial charge >= 0.3 is 0 Å². The van der Waals surface area contributed by atoms with Crippen LogP contribution in [0, 0.1) is 0 Å². The first-order valence-corrected chi connectivity index (χ1v) is 9.20. The average molecular weight is 343 g/mol. The SMILES string of the molecule is O=C(CN1CCN(c2ncnc3nc[nH]c23)CC1)N1CCCCCC1. The van der Waals surface area contributed by atoms with Gasteiger partial charge in [-0.25, -0.2) is 15.0 Å². The van der Waals surface area contributed by atoms with Crippen LogP contribution >= 0.6 is 0 Å². The molecule has 1 N–H and O–H groups in total. The Morgan fingerprint density at radius 3 is 2.48 bits per heavy atom. The molecular weight excluding hydrogens is 318 g/mol. The Morgan fingerprint density at radius 1 is 0.960 bits per heavy atom. The van der Waals surface area contributed by atoms with Gasteiger partial charge in [0.25, 0.3) is 0 Å². The Morgan fingerprint density at radius 2 is 1.72 bits per heavy atom. The molecule has 0 unspecified atom stereocenters. The highest BCUT2D eigenvalue weighted by molar-refractivity contribution is 5.82. The lowest BCUT2D eigenvalue weighted by molar-refractivity contribution is -0.132. The molecule has 0 atom stereocenters. The molecule has 0 bridgehead atoms. The minimum Gasteiger partial charge on any atom is -0.352 e. The molecule has 1 amide bonds. The van der Waals surface area contributed by atoms with E-state index in [0.717, 1.165) is 63.4 Å². The van der Waals surface area contributed by atoms with Gasteiger partial charge in [-0.05, 0) is 12.8 Å². The first-order chi connectivity index (χ1) is 12.3. The van der Waals surface area contributed by atoms with E-state index in [1.807, 2.05) is 0 Å². The van der Waals surface area contributed by atoms with Crippen LogP contribution in [0.3, 0.4) is 0 Å². The lowest BCUT2D eigenvalue weighted by Gasteiger charge is -2.35. The van der Waals surface area contributed by atoms with Crippen molar-refractivity contribution in [3.63, 3.8) is 0 Å². The zero-order valence-corrected chi connectivity index (χ0v) is 14.5. The number of carbonyl (C=O) groups excluding carboxylic acids is 1. The van der Waals surface area contributed by atoms with E-state index < -0.39 is 0 Å². The van der Waals surface area contributed by atoms with Crippen molar-refractivity contribution in [2.75, 3.05) is 50.7 Å². The maximum Gasteiger partial charge on any atom is 0.236 e. The minimum absolute atomic E-state index is 0.286. The lowest BCUT2D eigenvalue weighted by Crippen LogP contribution is -2.50.